The number of aliphatic imine (C=N–C) groups is 1. The molecule has 0 aromatic heterocycles. The molecule has 6 heteroatoms. The maximum atomic E-state index is 6.49. The number of nitrogens with zero attached hydrogens (tertiary/aromatic N) is 2. The molecule has 6 nitrogen and oxygen atoms in total. The lowest BCUT2D eigenvalue weighted by molar-refractivity contribution is 0.243. The monoisotopic (exact) mass is 300 g/mol. The number of guanidine groups is 1. The van der Waals surface area contributed by atoms with Crippen molar-refractivity contribution < 1.29 is 0 Å². The van der Waals surface area contributed by atoms with Gasteiger partial charge in [-0.05, 0) is 18.6 Å². The average Bonchev–Trinajstić information content (AvgIpc) is 2.47. The lowest BCUT2D eigenvalue weighted by Crippen LogP contribution is -2.55. The Morgan fingerprint density at radius 3 is 2.86 bits per heavy atom. The molecule has 1 saturated heterocycles. The first-order valence-corrected chi connectivity index (χ1v) is 7.70. The van der Waals surface area contributed by atoms with Crippen LogP contribution in [-0.2, 0) is 6.42 Å². The minimum absolute atomic E-state index is 0.377. The predicted octanol–water partition coefficient (Wildman–Crippen LogP) is -0.0629. The molecule has 22 heavy (non-hydrogen) atoms. The Bertz CT molecular complexity index is 582. The first-order valence-electron chi connectivity index (χ1n) is 7.70. The SMILES string of the molecule is C[C@@H]1CN(C2=CC(N)(Cc3ccccc3)N=C(N)N2)CCN1. The summed E-state index contributed by atoms with van der Waals surface area (Å²) in [5, 5.41) is 6.59. The summed E-state index contributed by atoms with van der Waals surface area (Å²) in [6.07, 6.45) is 2.62. The fraction of sp³-hybridized carbons (Fsp3) is 0.438. The van der Waals surface area contributed by atoms with Gasteiger partial charge >= 0.3 is 0 Å². The second-order valence-electron chi connectivity index (χ2n) is 6.11. The van der Waals surface area contributed by atoms with Crippen LogP contribution in [0.25, 0.3) is 0 Å². The third-order valence-corrected chi connectivity index (χ3v) is 4.01. The van der Waals surface area contributed by atoms with E-state index in [0.717, 1.165) is 31.0 Å². The van der Waals surface area contributed by atoms with Crippen molar-refractivity contribution in [1.29, 1.82) is 0 Å². The smallest absolute Gasteiger partial charge is 0.196 e. The molecule has 2 heterocycles. The van der Waals surface area contributed by atoms with Crippen LogP contribution in [0, 0.1) is 0 Å². The van der Waals surface area contributed by atoms with Crippen molar-refractivity contribution in [3.8, 4) is 0 Å². The van der Waals surface area contributed by atoms with E-state index in [9.17, 15) is 0 Å². The minimum atomic E-state index is -0.805. The molecule has 1 aromatic rings. The van der Waals surface area contributed by atoms with Gasteiger partial charge in [0.25, 0.3) is 0 Å². The summed E-state index contributed by atoms with van der Waals surface area (Å²) in [6.45, 7) is 4.98. The van der Waals surface area contributed by atoms with Crippen LogP contribution in [-0.4, -0.2) is 42.2 Å². The van der Waals surface area contributed by atoms with Crippen molar-refractivity contribution >= 4 is 5.96 Å². The highest BCUT2D eigenvalue weighted by atomic mass is 15.3. The number of hydrogen-bond donors (Lipinski definition) is 4. The van der Waals surface area contributed by atoms with E-state index in [1.807, 2.05) is 24.3 Å². The molecule has 2 aliphatic heterocycles. The van der Waals surface area contributed by atoms with Gasteiger partial charge in [0, 0.05) is 32.1 Å². The number of piperazine rings is 1. The van der Waals surface area contributed by atoms with Crippen molar-refractivity contribution in [2.24, 2.45) is 16.5 Å². The molecule has 2 aliphatic rings. The third kappa shape index (κ3) is 3.40. The van der Waals surface area contributed by atoms with Crippen molar-refractivity contribution in [2.75, 3.05) is 19.6 Å². The molecule has 1 aromatic carbocycles. The highest BCUT2D eigenvalue weighted by molar-refractivity contribution is 5.81. The lowest BCUT2D eigenvalue weighted by atomic mass is 9.99. The Kier molecular flexibility index (Phi) is 4.04. The molecule has 0 aliphatic carbocycles. The highest BCUT2D eigenvalue weighted by Gasteiger charge is 2.30. The van der Waals surface area contributed by atoms with E-state index in [1.54, 1.807) is 0 Å². The molecule has 0 saturated carbocycles. The maximum absolute atomic E-state index is 6.49. The van der Waals surface area contributed by atoms with Crippen LogP contribution >= 0.6 is 0 Å². The molecule has 1 unspecified atom stereocenters. The molecule has 2 atom stereocenters. The summed E-state index contributed by atoms with van der Waals surface area (Å²) in [5.74, 6) is 1.33. The van der Waals surface area contributed by atoms with E-state index >= 15 is 0 Å². The van der Waals surface area contributed by atoms with E-state index in [-0.39, 0.29) is 0 Å². The van der Waals surface area contributed by atoms with Gasteiger partial charge in [-0.3, -0.25) is 0 Å². The van der Waals surface area contributed by atoms with Gasteiger partial charge in [-0.25, -0.2) is 4.99 Å². The topological polar surface area (TPSA) is 91.7 Å². The molecule has 118 valence electrons. The van der Waals surface area contributed by atoms with Gasteiger partial charge in [-0.15, -0.1) is 0 Å². The molecule has 3 rings (SSSR count). The normalized spacial score (nSPS) is 28.6. The standard InChI is InChI=1S/C16H24N6/c1-12-11-22(8-7-19-12)14-10-16(18,21-15(17)20-14)9-13-5-3-2-4-6-13/h2-6,10,12,19H,7-9,11,18H2,1H3,(H3,17,20,21)/t12-,16?/m1/s1. The van der Waals surface area contributed by atoms with Crippen LogP contribution in [0.15, 0.2) is 47.2 Å². The van der Waals surface area contributed by atoms with E-state index in [1.165, 1.54) is 0 Å². The van der Waals surface area contributed by atoms with Crippen molar-refractivity contribution in [1.82, 2.24) is 15.5 Å². The predicted molar refractivity (Wildman–Crippen MR) is 88.9 cm³/mol. The average molecular weight is 300 g/mol. The Balaban J connectivity index is 1.81. The van der Waals surface area contributed by atoms with Crippen molar-refractivity contribution in [2.45, 2.75) is 25.0 Å². The van der Waals surface area contributed by atoms with Gasteiger partial charge in [0.15, 0.2) is 5.96 Å². The summed E-state index contributed by atoms with van der Waals surface area (Å²) in [7, 11) is 0. The summed E-state index contributed by atoms with van der Waals surface area (Å²) >= 11 is 0. The number of rotatable bonds is 3. The van der Waals surface area contributed by atoms with E-state index < -0.39 is 5.66 Å². The Morgan fingerprint density at radius 2 is 2.14 bits per heavy atom. The quantitative estimate of drug-likeness (QED) is 0.627. The molecule has 1 fully saturated rings. The summed E-state index contributed by atoms with van der Waals surface area (Å²) in [6, 6.07) is 10.6. The first-order chi connectivity index (χ1) is 10.5. The Morgan fingerprint density at radius 1 is 1.36 bits per heavy atom. The lowest BCUT2D eigenvalue weighted by Gasteiger charge is -2.38. The highest BCUT2D eigenvalue weighted by Crippen LogP contribution is 2.20. The van der Waals surface area contributed by atoms with Crippen LogP contribution in [0.4, 0.5) is 0 Å². The van der Waals surface area contributed by atoms with Gasteiger partial charge in [0.05, 0.1) is 0 Å². The molecule has 0 bridgehead atoms. The van der Waals surface area contributed by atoms with Gasteiger partial charge in [0.1, 0.15) is 11.5 Å². The van der Waals surface area contributed by atoms with Crippen LogP contribution in [0.1, 0.15) is 12.5 Å². The fourth-order valence-corrected chi connectivity index (χ4v) is 3.02. The number of hydrogen-bond acceptors (Lipinski definition) is 6. The maximum Gasteiger partial charge on any atom is 0.196 e. The molecular weight excluding hydrogens is 276 g/mol. The number of benzene rings is 1. The van der Waals surface area contributed by atoms with Crippen LogP contribution in [0.3, 0.4) is 0 Å². The van der Waals surface area contributed by atoms with E-state index in [4.69, 9.17) is 11.5 Å². The van der Waals surface area contributed by atoms with Crippen molar-refractivity contribution in [3.63, 3.8) is 0 Å². The van der Waals surface area contributed by atoms with E-state index in [0.29, 0.717) is 18.4 Å². The van der Waals surface area contributed by atoms with Crippen LogP contribution < -0.4 is 22.1 Å². The summed E-state index contributed by atoms with van der Waals surface area (Å²) < 4.78 is 0. The second-order valence-corrected chi connectivity index (χ2v) is 6.11. The Hall–Kier alpha value is -2.05. The molecule has 6 N–H and O–H groups in total. The van der Waals surface area contributed by atoms with Gasteiger partial charge in [-0.1, -0.05) is 30.3 Å². The zero-order chi connectivity index (χ0) is 15.6. The van der Waals surface area contributed by atoms with Crippen LogP contribution in [0.2, 0.25) is 0 Å². The van der Waals surface area contributed by atoms with Gasteiger partial charge in [-0.2, -0.15) is 0 Å². The first kappa shape index (κ1) is 14.9. The number of nitrogens with two attached hydrogens (primary N) is 2. The summed E-state index contributed by atoms with van der Waals surface area (Å²) in [5.41, 5.74) is 12.8. The van der Waals surface area contributed by atoms with E-state index in [2.05, 4.69) is 39.6 Å². The molecular formula is C16H24N6. The minimum Gasteiger partial charge on any atom is -0.370 e. The van der Waals surface area contributed by atoms with Crippen LogP contribution in [0.5, 0.6) is 0 Å². The zero-order valence-corrected chi connectivity index (χ0v) is 12.9. The summed E-state index contributed by atoms with van der Waals surface area (Å²) in [4.78, 5) is 6.69. The third-order valence-electron chi connectivity index (χ3n) is 4.01. The zero-order valence-electron chi connectivity index (χ0n) is 12.9. The Labute approximate surface area is 131 Å². The second kappa shape index (κ2) is 5.98. The molecule has 0 spiro atoms. The van der Waals surface area contributed by atoms with Gasteiger partial charge in [0.2, 0.25) is 0 Å². The fourth-order valence-electron chi connectivity index (χ4n) is 3.02. The molecule has 0 amide bonds. The van der Waals surface area contributed by atoms with Crippen molar-refractivity contribution in [3.05, 3.63) is 47.8 Å². The molecule has 0 radical (unpaired) electrons. The number of nitrogens with one attached hydrogen (secondary N) is 2. The van der Waals surface area contributed by atoms with Gasteiger partial charge < -0.3 is 27.0 Å². The largest absolute Gasteiger partial charge is 0.370 e.